The minimum Gasteiger partial charge on any atom is -0.480 e. The summed E-state index contributed by atoms with van der Waals surface area (Å²) in [5.41, 5.74) is 9.94. The molecule has 0 aliphatic rings. The van der Waals surface area contributed by atoms with Crippen LogP contribution in [0.15, 0.2) is 16.4 Å². The molecule has 6 heteroatoms. The standard InChI is InChI=1S/C11H20FN3O2/c1-7(9(12)6-15-8(2)13)4-5-11(3,14)10(16)17/h4-6,14H2,1-3H3,(H2,13,15)(H,16,17). The summed E-state index contributed by atoms with van der Waals surface area (Å²) in [5, 5.41) is 8.80. The molecule has 0 saturated carbocycles. The molecule has 0 amide bonds. The Hall–Kier alpha value is -1.43. The smallest absolute Gasteiger partial charge is 0.323 e. The van der Waals surface area contributed by atoms with Gasteiger partial charge in [0.25, 0.3) is 0 Å². The fourth-order valence-electron chi connectivity index (χ4n) is 1.02. The van der Waals surface area contributed by atoms with Crippen molar-refractivity contribution in [2.24, 2.45) is 16.5 Å². The molecule has 5 nitrogen and oxygen atoms in total. The maximum atomic E-state index is 13.5. The van der Waals surface area contributed by atoms with Crippen LogP contribution in [0.2, 0.25) is 0 Å². The molecule has 0 radical (unpaired) electrons. The molecule has 0 aromatic carbocycles. The molecule has 0 heterocycles. The number of nitrogens with zero attached hydrogens (tertiary/aromatic N) is 1. The number of carbonyl (C=O) groups is 1. The van der Waals surface area contributed by atoms with Crippen molar-refractivity contribution in [2.75, 3.05) is 6.54 Å². The molecule has 0 bridgehead atoms. The van der Waals surface area contributed by atoms with Gasteiger partial charge in [0.2, 0.25) is 0 Å². The highest BCUT2D eigenvalue weighted by Crippen LogP contribution is 2.18. The molecule has 0 saturated heterocycles. The molecule has 0 rings (SSSR count). The van der Waals surface area contributed by atoms with Crippen LogP contribution >= 0.6 is 0 Å². The van der Waals surface area contributed by atoms with Gasteiger partial charge in [-0.05, 0) is 39.2 Å². The highest BCUT2D eigenvalue weighted by molar-refractivity contribution is 5.78. The third kappa shape index (κ3) is 6.01. The van der Waals surface area contributed by atoms with E-state index in [1.54, 1.807) is 13.8 Å². The first kappa shape index (κ1) is 15.6. The average Bonchev–Trinajstić information content (AvgIpc) is 2.22. The normalized spacial score (nSPS) is 17.4. The van der Waals surface area contributed by atoms with E-state index in [-0.39, 0.29) is 19.4 Å². The second-order valence-corrected chi connectivity index (χ2v) is 4.37. The van der Waals surface area contributed by atoms with E-state index < -0.39 is 17.3 Å². The summed E-state index contributed by atoms with van der Waals surface area (Å²) < 4.78 is 13.5. The van der Waals surface area contributed by atoms with Crippen LogP contribution in [0, 0.1) is 0 Å². The quantitative estimate of drug-likeness (QED) is 0.483. The van der Waals surface area contributed by atoms with E-state index in [1.165, 1.54) is 6.92 Å². The van der Waals surface area contributed by atoms with Crippen LogP contribution in [0.25, 0.3) is 0 Å². The number of nitrogens with two attached hydrogens (primary N) is 2. The van der Waals surface area contributed by atoms with Crippen LogP contribution in [-0.2, 0) is 4.79 Å². The van der Waals surface area contributed by atoms with Crippen LogP contribution in [0.4, 0.5) is 4.39 Å². The number of allylic oxidation sites excluding steroid dienone is 1. The molecule has 0 aromatic rings. The van der Waals surface area contributed by atoms with E-state index in [0.29, 0.717) is 11.4 Å². The molecule has 17 heavy (non-hydrogen) atoms. The van der Waals surface area contributed by atoms with Gasteiger partial charge in [0.05, 0.1) is 12.4 Å². The lowest BCUT2D eigenvalue weighted by Gasteiger charge is -2.19. The maximum absolute atomic E-state index is 13.5. The van der Waals surface area contributed by atoms with Crippen molar-refractivity contribution in [1.82, 2.24) is 0 Å². The third-order valence-electron chi connectivity index (χ3n) is 2.44. The zero-order valence-electron chi connectivity index (χ0n) is 10.5. The van der Waals surface area contributed by atoms with E-state index in [0.717, 1.165) is 0 Å². The van der Waals surface area contributed by atoms with Crippen molar-refractivity contribution in [3.8, 4) is 0 Å². The first-order valence-electron chi connectivity index (χ1n) is 5.29. The zero-order valence-corrected chi connectivity index (χ0v) is 10.5. The van der Waals surface area contributed by atoms with Crippen molar-refractivity contribution in [3.05, 3.63) is 11.4 Å². The first-order chi connectivity index (χ1) is 7.66. The highest BCUT2D eigenvalue weighted by atomic mass is 19.1. The van der Waals surface area contributed by atoms with Crippen molar-refractivity contribution >= 4 is 11.8 Å². The summed E-state index contributed by atoms with van der Waals surface area (Å²) >= 11 is 0. The number of aliphatic imine (C=N–C) groups is 1. The van der Waals surface area contributed by atoms with Crippen molar-refractivity contribution in [2.45, 2.75) is 39.2 Å². The van der Waals surface area contributed by atoms with Gasteiger partial charge in [0.15, 0.2) is 0 Å². The lowest BCUT2D eigenvalue weighted by Crippen LogP contribution is -2.44. The third-order valence-corrected chi connectivity index (χ3v) is 2.44. The summed E-state index contributed by atoms with van der Waals surface area (Å²) in [6, 6.07) is 0. The number of carboxylic acids is 1. The Morgan fingerprint density at radius 2 is 2.00 bits per heavy atom. The van der Waals surface area contributed by atoms with Gasteiger partial charge < -0.3 is 16.6 Å². The number of hydrogen-bond acceptors (Lipinski definition) is 3. The van der Waals surface area contributed by atoms with Gasteiger partial charge in [-0.1, -0.05) is 0 Å². The largest absolute Gasteiger partial charge is 0.480 e. The van der Waals surface area contributed by atoms with Crippen molar-refractivity contribution < 1.29 is 14.3 Å². The van der Waals surface area contributed by atoms with Gasteiger partial charge in [0, 0.05) is 0 Å². The average molecular weight is 245 g/mol. The fraction of sp³-hybridized carbons (Fsp3) is 0.636. The van der Waals surface area contributed by atoms with Gasteiger partial charge in [-0.3, -0.25) is 9.79 Å². The van der Waals surface area contributed by atoms with Crippen LogP contribution in [0.1, 0.15) is 33.6 Å². The van der Waals surface area contributed by atoms with E-state index in [1.807, 2.05) is 0 Å². The molecule has 98 valence electrons. The first-order valence-corrected chi connectivity index (χ1v) is 5.29. The summed E-state index contributed by atoms with van der Waals surface area (Å²) in [5.74, 6) is -1.18. The van der Waals surface area contributed by atoms with Crippen LogP contribution in [0.5, 0.6) is 0 Å². The summed E-state index contributed by atoms with van der Waals surface area (Å²) in [4.78, 5) is 14.5. The van der Waals surface area contributed by atoms with Crippen molar-refractivity contribution in [1.29, 1.82) is 0 Å². The molecule has 0 spiro atoms. The Morgan fingerprint density at radius 1 is 1.47 bits per heavy atom. The molecule has 1 atom stereocenters. The molecule has 0 aliphatic heterocycles. The highest BCUT2D eigenvalue weighted by Gasteiger charge is 2.27. The van der Waals surface area contributed by atoms with E-state index >= 15 is 0 Å². The van der Waals surface area contributed by atoms with E-state index in [9.17, 15) is 9.18 Å². The number of halogens is 1. The number of rotatable bonds is 6. The predicted octanol–water partition coefficient (Wildman–Crippen LogP) is 1.19. The minimum absolute atomic E-state index is 0.109. The van der Waals surface area contributed by atoms with E-state index in [2.05, 4.69) is 4.99 Å². The minimum atomic E-state index is -1.34. The number of hydrogen-bond donors (Lipinski definition) is 3. The Kier molecular flexibility index (Phi) is 5.81. The predicted molar refractivity (Wildman–Crippen MR) is 65.4 cm³/mol. The van der Waals surface area contributed by atoms with Crippen LogP contribution in [-0.4, -0.2) is 29.0 Å². The fourth-order valence-corrected chi connectivity index (χ4v) is 1.02. The Balaban J connectivity index is 4.43. The van der Waals surface area contributed by atoms with Crippen LogP contribution < -0.4 is 11.5 Å². The summed E-state index contributed by atoms with van der Waals surface area (Å²) in [7, 11) is 0. The number of amidine groups is 1. The van der Waals surface area contributed by atoms with Gasteiger partial charge >= 0.3 is 5.97 Å². The summed E-state index contributed by atoms with van der Waals surface area (Å²) in [6.07, 6.45) is 0.456. The molecular weight excluding hydrogens is 225 g/mol. The second-order valence-electron chi connectivity index (χ2n) is 4.37. The molecule has 1 unspecified atom stereocenters. The Morgan fingerprint density at radius 3 is 2.41 bits per heavy atom. The molecular formula is C11H20FN3O2. The lowest BCUT2D eigenvalue weighted by atomic mass is 9.94. The SMILES string of the molecule is CC(N)=NCC(F)=C(C)CCC(C)(N)C(=O)O. The zero-order chi connectivity index (χ0) is 13.6. The van der Waals surface area contributed by atoms with Gasteiger partial charge in [0.1, 0.15) is 11.4 Å². The number of carboxylic acid groups (broad SMARTS) is 1. The molecule has 5 N–H and O–H groups in total. The van der Waals surface area contributed by atoms with Crippen LogP contribution in [0.3, 0.4) is 0 Å². The van der Waals surface area contributed by atoms with Gasteiger partial charge in [-0.2, -0.15) is 0 Å². The molecule has 0 fully saturated rings. The van der Waals surface area contributed by atoms with E-state index in [4.69, 9.17) is 16.6 Å². The topological polar surface area (TPSA) is 102 Å². The number of aliphatic carboxylic acids is 1. The molecule has 0 aliphatic carbocycles. The maximum Gasteiger partial charge on any atom is 0.323 e. The van der Waals surface area contributed by atoms with Gasteiger partial charge in [-0.15, -0.1) is 0 Å². The van der Waals surface area contributed by atoms with Crippen molar-refractivity contribution in [3.63, 3.8) is 0 Å². The van der Waals surface area contributed by atoms with Gasteiger partial charge in [-0.25, -0.2) is 4.39 Å². The Labute approximate surface area is 100 Å². The monoisotopic (exact) mass is 245 g/mol. The molecule has 0 aromatic heterocycles. The lowest BCUT2D eigenvalue weighted by molar-refractivity contribution is -0.142. The second kappa shape index (κ2) is 6.34. The Bertz CT molecular complexity index is 345. The summed E-state index contributed by atoms with van der Waals surface area (Å²) in [6.45, 7) is 4.46.